The predicted molar refractivity (Wildman–Crippen MR) is 116 cm³/mol. The molecule has 1 heterocycles. The molecule has 1 N–H and O–H groups in total. The molecule has 0 aliphatic carbocycles. The Morgan fingerprint density at radius 1 is 1.21 bits per heavy atom. The molecule has 0 unspecified atom stereocenters. The maximum atomic E-state index is 12.6. The van der Waals surface area contributed by atoms with Crippen LogP contribution < -0.4 is 5.32 Å². The first-order valence-corrected chi connectivity index (χ1v) is 11.8. The van der Waals surface area contributed by atoms with Crippen molar-refractivity contribution in [3.05, 3.63) is 52.5 Å². The van der Waals surface area contributed by atoms with Crippen LogP contribution in [0.5, 0.6) is 0 Å². The zero-order valence-corrected chi connectivity index (χ0v) is 18.7. The standard InChI is InChI=1S/C19H20BrN3O3S2/c1-3-4-12-23(2)28(25,26)14-10-8-13(9-11-14)18(24)22-19-21-17-15(20)6-5-7-16(17)27-19/h5-11H,3-4,12H2,1-2H3,(H,21,22,24). The average Bonchev–Trinajstić information content (AvgIpc) is 3.10. The number of nitrogens with one attached hydrogen (secondary N) is 1. The molecule has 0 saturated heterocycles. The summed E-state index contributed by atoms with van der Waals surface area (Å²) in [6.07, 6.45) is 1.72. The highest BCUT2D eigenvalue weighted by molar-refractivity contribution is 9.10. The van der Waals surface area contributed by atoms with Gasteiger partial charge in [-0.3, -0.25) is 10.1 Å². The van der Waals surface area contributed by atoms with Crippen LogP contribution in [-0.4, -0.2) is 37.2 Å². The Labute approximate surface area is 176 Å². The number of halogens is 1. The van der Waals surface area contributed by atoms with Crippen molar-refractivity contribution in [1.29, 1.82) is 0 Å². The highest BCUT2D eigenvalue weighted by Gasteiger charge is 2.20. The van der Waals surface area contributed by atoms with Crippen LogP contribution in [0.25, 0.3) is 10.2 Å². The number of hydrogen-bond donors (Lipinski definition) is 1. The lowest BCUT2D eigenvalue weighted by molar-refractivity contribution is 0.102. The van der Waals surface area contributed by atoms with E-state index in [2.05, 4.69) is 26.2 Å². The number of carbonyl (C=O) groups is 1. The maximum Gasteiger partial charge on any atom is 0.257 e. The normalized spacial score (nSPS) is 11.9. The second-order valence-corrected chi connectivity index (χ2v) is 10.2. The van der Waals surface area contributed by atoms with Crippen LogP contribution in [0, 0.1) is 0 Å². The van der Waals surface area contributed by atoms with E-state index in [1.807, 2.05) is 25.1 Å². The summed E-state index contributed by atoms with van der Waals surface area (Å²) >= 11 is 4.82. The minimum Gasteiger partial charge on any atom is -0.298 e. The third-order valence-electron chi connectivity index (χ3n) is 4.24. The zero-order valence-electron chi connectivity index (χ0n) is 15.5. The number of sulfonamides is 1. The van der Waals surface area contributed by atoms with E-state index in [-0.39, 0.29) is 10.8 Å². The average molecular weight is 482 g/mol. The van der Waals surface area contributed by atoms with E-state index in [0.717, 1.165) is 27.5 Å². The monoisotopic (exact) mass is 481 g/mol. The summed E-state index contributed by atoms with van der Waals surface area (Å²) in [5, 5.41) is 3.26. The maximum absolute atomic E-state index is 12.6. The minimum absolute atomic E-state index is 0.173. The summed E-state index contributed by atoms with van der Waals surface area (Å²) in [7, 11) is -1.98. The molecule has 2 aromatic carbocycles. The van der Waals surface area contributed by atoms with E-state index < -0.39 is 10.0 Å². The first kappa shape index (κ1) is 20.9. The lowest BCUT2D eigenvalue weighted by atomic mass is 10.2. The van der Waals surface area contributed by atoms with Crippen LogP contribution in [0.1, 0.15) is 30.1 Å². The van der Waals surface area contributed by atoms with Crippen molar-refractivity contribution in [1.82, 2.24) is 9.29 Å². The van der Waals surface area contributed by atoms with Gasteiger partial charge in [-0.05, 0) is 58.7 Å². The number of hydrogen-bond acceptors (Lipinski definition) is 5. The van der Waals surface area contributed by atoms with Crippen LogP contribution in [0.3, 0.4) is 0 Å². The summed E-state index contributed by atoms with van der Waals surface area (Å²) in [5.41, 5.74) is 1.16. The zero-order chi connectivity index (χ0) is 20.3. The van der Waals surface area contributed by atoms with E-state index in [0.29, 0.717) is 17.2 Å². The molecular weight excluding hydrogens is 462 g/mol. The predicted octanol–water partition coefficient (Wildman–Crippen LogP) is 4.73. The van der Waals surface area contributed by atoms with Gasteiger partial charge >= 0.3 is 0 Å². The van der Waals surface area contributed by atoms with E-state index in [9.17, 15) is 13.2 Å². The lowest BCUT2D eigenvalue weighted by Gasteiger charge is -2.16. The highest BCUT2D eigenvalue weighted by atomic mass is 79.9. The van der Waals surface area contributed by atoms with E-state index in [1.165, 1.54) is 39.9 Å². The third-order valence-corrected chi connectivity index (χ3v) is 7.69. The van der Waals surface area contributed by atoms with Gasteiger partial charge in [-0.2, -0.15) is 0 Å². The van der Waals surface area contributed by atoms with Crippen LogP contribution in [0.15, 0.2) is 51.8 Å². The fourth-order valence-electron chi connectivity index (χ4n) is 2.60. The molecule has 3 aromatic rings. The van der Waals surface area contributed by atoms with E-state index in [4.69, 9.17) is 0 Å². The summed E-state index contributed by atoms with van der Waals surface area (Å²) in [4.78, 5) is 17.1. The van der Waals surface area contributed by atoms with Crippen LogP contribution >= 0.6 is 27.3 Å². The molecule has 0 atom stereocenters. The quantitative estimate of drug-likeness (QED) is 0.528. The van der Waals surface area contributed by atoms with E-state index >= 15 is 0 Å². The van der Waals surface area contributed by atoms with Gasteiger partial charge in [0, 0.05) is 23.6 Å². The Kier molecular flexibility index (Phi) is 6.49. The van der Waals surface area contributed by atoms with Gasteiger partial charge in [-0.15, -0.1) is 0 Å². The Balaban J connectivity index is 1.75. The number of anilines is 1. The highest BCUT2D eigenvalue weighted by Crippen LogP contribution is 2.31. The Morgan fingerprint density at radius 2 is 1.93 bits per heavy atom. The number of amides is 1. The number of para-hydroxylation sites is 1. The van der Waals surface area contributed by atoms with Gasteiger partial charge < -0.3 is 0 Å². The molecule has 0 saturated carbocycles. The molecule has 0 bridgehead atoms. The van der Waals surface area contributed by atoms with Gasteiger partial charge in [-0.25, -0.2) is 17.7 Å². The molecule has 0 radical (unpaired) electrons. The summed E-state index contributed by atoms with van der Waals surface area (Å²) in [6, 6.07) is 11.7. The molecule has 1 amide bonds. The molecule has 28 heavy (non-hydrogen) atoms. The topological polar surface area (TPSA) is 79.4 Å². The fraction of sp³-hybridized carbons (Fsp3) is 0.263. The van der Waals surface area contributed by atoms with Crippen molar-refractivity contribution in [2.45, 2.75) is 24.7 Å². The minimum atomic E-state index is -3.55. The number of rotatable bonds is 7. The number of nitrogens with zero attached hydrogens (tertiary/aromatic N) is 2. The SMILES string of the molecule is CCCCN(C)S(=O)(=O)c1ccc(C(=O)Nc2nc3c(Br)cccc3s2)cc1. The number of benzene rings is 2. The molecule has 0 spiro atoms. The molecule has 0 aliphatic heterocycles. The largest absolute Gasteiger partial charge is 0.298 e. The second kappa shape index (κ2) is 8.69. The Morgan fingerprint density at radius 3 is 2.57 bits per heavy atom. The van der Waals surface area contributed by atoms with Gasteiger partial charge in [0.25, 0.3) is 5.91 Å². The first-order valence-electron chi connectivity index (χ1n) is 8.75. The molecule has 1 aromatic heterocycles. The lowest BCUT2D eigenvalue weighted by Crippen LogP contribution is -2.28. The van der Waals surface area contributed by atoms with Gasteiger partial charge in [0.1, 0.15) is 0 Å². The number of thiazole rings is 1. The smallest absolute Gasteiger partial charge is 0.257 e. The molecule has 3 rings (SSSR count). The van der Waals surface area contributed by atoms with Crippen molar-refractivity contribution in [2.75, 3.05) is 18.9 Å². The van der Waals surface area contributed by atoms with E-state index in [1.54, 1.807) is 7.05 Å². The first-order chi connectivity index (χ1) is 13.3. The summed E-state index contributed by atoms with van der Waals surface area (Å²) in [6.45, 7) is 2.48. The van der Waals surface area contributed by atoms with Crippen molar-refractivity contribution in [3.8, 4) is 0 Å². The van der Waals surface area contributed by atoms with Gasteiger partial charge in [-0.1, -0.05) is 30.7 Å². The molecule has 0 fully saturated rings. The fourth-order valence-corrected chi connectivity index (χ4v) is 5.28. The number of fused-ring (bicyclic) bond motifs is 1. The molecule has 0 aliphatic rings. The Hall–Kier alpha value is -1.81. The van der Waals surface area contributed by atoms with Gasteiger partial charge in [0.2, 0.25) is 10.0 Å². The molecule has 148 valence electrons. The van der Waals surface area contributed by atoms with Crippen LogP contribution in [0.2, 0.25) is 0 Å². The van der Waals surface area contributed by atoms with Crippen molar-refractivity contribution < 1.29 is 13.2 Å². The molecule has 9 heteroatoms. The molecular formula is C19H20BrN3O3S2. The summed E-state index contributed by atoms with van der Waals surface area (Å²) in [5.74, 6) is -0.335. The Bertz CT molecular complexity index is 1100. The second-order valence-electron chi connectivity index (χ2n) is 6.26. The third kappa shape index (κ3) is 4.43. The van der Waals surface area contributed by atoms with Gasteiger partial charge in [0.15, 0.2) is 5.13 Å². The van der Waals surface area contributed by atoms with Gasteiger partial charge in [0.05, 0.1) is 15.1 Å². The van der Waals surface area contributed by atoms with Crippen LogP contribution in [0.4, 0.5) is 5.13 Å². The number of aromatic nitrogens is 1. The molecule has 6 nitrogen and oxygen atoms in total. The van der Waals surface area contributed by atoms with Crippen molar-refractivity contribution in [2.24, 2.45) is 0 Å². The van der Waals surface area contributed by atoms with Crippen LogP contribution in [-0.2, 0) is 10.0 Å². The number of unbranched alkanes of at least 4 members (excludes halogenated alkanes) is 1. The van der Waals surface area contributed by atoms with Crippen molar-refractivity contribution >= 4 is 58.5 Å². The van der Waals surface area contributed by atoms with Crippen molar-refractivity contribution in [3.63, 3.8) is 0 Å². The summed E-state index contributed by atoms with van der Waals surface area (Å²) < 4.78 is 28.3. The number of carbonyl (C=O) groups excluding carboxylic acids is 1.